The zero-order valence-corrected chi connectivity index (χ0v) is 8.91. The number of ether oxygens (including phenoxy) is 1. The van der Waals surface area contributed by atoms with E-state index in [1.54, 1.807) is 18.4 Å². The van der Waals surface area contributed by atoms with Crippen molar-refractivity contribution in [2.45, 2.75) is 0 Å². The fourth-order valence-corrected chi connectivity index (χ4v) is 2.44. The van der Waals surface area contributed by atoms with Crippen LogP contribution in [-0.2, 0) is 0 Å². The lowest BCUT2D eigenvalue weighted by atomic mass is 10.2. The standard InChI is InChI=1S/C9H7BrOS/c1-11-8-5-9-6(2-3-12-9)4-7(8)10/h2-5H,1H3. The smallest absolute Gasteiger partial charge is 0.134 e. The number of halogens is 1. The monoisotopic (exact) mass is 242 g/mol. The highest BCUT2D eigenvalue weighted by atomic mass is 79.9. The molecule has 1 aromatic carbocycles. The van der Waals surface area contributed by atoms with E-state index in [1.165, 1.54) is 10.1 Å². The van der Waals surface area contributed by atoms with Gasteiger partial charge in [-0.3, -0.25) is 0 Å². The summed E-state index contributed by atoms with van der Waals surface area (Å²) in [5.41, 5.74) is 0. The molecule has 0 aliphatic carbocycles. The molecule has 0 amide bonds. The van der Waals surface area contributed by atoms with Gasteiger partial charge in [-0.1, -0.05) is 0 Å². The van der Waals surface area contributed by atoms with Crippen molar-refractivity contribution in [3.63, 3.8) is 0 Å². The molecule has 2 aromatic rings. The van der Waals surface area contributed by atoms with Gasteiger partial charge in [-0.05, 0) is 44.9 Å². The summed E-state index contributed by atoms with van der Waals surface area (Å²) in [6.45, 7) is 0. The first-order valence-electron chi connectivity index (χ1n) is 3.52. The number of rotatable bonds is 1. The minimum absolute atomic E-state index is 0.893. The third-order valence-electron chi connectivity index (χ3n) is 1.73. The summed E-state index contributed by atoms with van der Waals surface area (Å²) in [5.74, 6) is 0.893. The highest BCUT2D eigenvalue weighted by Crippen LogP contribution is 2.32. The molecular weight excluding hydrogens is 236 g/mol. The lowest BCUT2D eigenvalue weighted by Crippen LogP contribution is -1.82. The van der Waals surface area contributed by atoms with E-state index in [0.717, 1.165) is 10.2 Å². The Balaban J connectivity index is 2.73. The average molecular weight is 243 g/mol. The first-order chi connectivity index (χ1) is 5.81. The van der Waals surface area contributed by atoms with Gasteiger partial charge in [-0.25, -0.2) is 0 Å². The molecule has 0 spiro atoms. The first-order valence-corrected chi connectivity index (χ1v) is 5.19. The van der Waals surface area contributed by atoms with Crippen molar-refractivity contribution in [1.82, 2.24) is 0 Å². The van der Waals surface area contributed by atoms with Crippen molar-refractivity contribution in [2.24, 2.45) is 0 Å². The SMILES string of the molecule is COc1cc2sccc2cc1Br. The summed E-state index contributed by atoms with van der Waals surface area (Å²) in [6.07, 6.45) is 0. The van der Waals surface area contributed by atoms with Crippen LogP contribution < -0.4 is 4.74 Å². The van der Waals surface area contributed by atoms with Gasteiger partial charge in [0, 0.05) is 4.70 Å². The Morgan fingerprint density at radius 3 is 3.00 bits per heavy atom. The van der Waals surface area contributed by atoms with Crippen LogP contribution in [0.3, 0.4) is 0 Å². The van der Waals surface area contributed by atoms with Crippen LogP contribution >= 0.6 is 27.3 Å². The fraction of sp³-hybridized carbons (Fsp3) is 0.111. The Labute approximate surface area is 83.1 Å². The molecule has 0 bridgehead atoms. The van der Waals surface area contributed by atoms with Crippen LogP contribution in [-0.4, -0.2) is 7.11 Å². The molecule has 12 heavy (non-hydrogen) atoms. The van der Waals surface area contributed by atoms with Crippen LogP contribution in [0.25, 0.3) is 10.1 Å². The van der Waals surface area contributed by atoms with Gasteiger partial charge in [0.25, 0.3) is 0 Å². The minimum Gasteiger partial charge on any atom is -0.496 e. The third kappa shape index (κ3) is 1.23. The second kappa shape index (κ2) is 3.07. The number of fused-ring (bicyclic) bond motifs is 1. The predicted octanol–water partition coefficient (Wildman–Crippen LogP) is 3.67. The highest BCUT2D eigenvalue weighted by molar-refractivity contribution is 9.10. The van der Waals surface area contributed by atoms with E-state index in [4.69, 9.17) is 4.74 Å². The van der Waals surface area contributed by atoms with Gasteiger partial charge >= 0.3 is 0 Å². The van der Waals surface area contributed by atoms with Crippen molar-refractivity contribution < 1.29 is 4.74 Å². The van der Waals surface area contributed by atoms with Gasteiger partial charge in [0.1, 0.15) is 5.75 Å². The fourth-order valence-electron chi connectivity index (χ4n) is 1.12. The lowest BCUT2D eigenvalue weighted by molar-refractivity contribution is 0.413. The zero-order valence-electron chi connectivity index (χ0n) is 6.50. The summed E-state index contributed by atoms with van der Waals surface area (Å²) in [4.78, 5) is 0. The van der Waals surface area contributed by atoms with Crippen molar-refractivity contribution in [3.8, 4) is 5.75 Å². The van der Waals surface area contributed by atoms with E-state index in [0.29, 0.717) is 0 Å². The molecule has 0 aliphatic heterocycles. The number of methoxy groups -OCH3 is 1. The molecule has 1 aromatic heterocycles. The molecule has 0 N–H and O–H groups in total. The molecule has 0 aliphatic rings. The number of hydrogen-bond acceptors (Lipinski definition) is 2. The average Bonchev–Trinajstić information content (AvgIpc) is 2.49. The number of thiophene rings is 1. The van der Waals surface area contributed by atoms with Gasteiger partial charge in [-0.15, -0.1) is 11.3 Å². The molecule has 2 rings (SSSR count). The normalized spacial score (nSPS) is 10.5. The molecule has 62 valence electrons. The molecule has 3 heteroatoms. The summed E-state index contributed by atoms with van der Waals surface area (Å²) in [5, 5.41) is 3.34. The topological polar surface area (TPSA) is 9.23 Å². The number of benzene rings is 1. The van der Waals surface area contributed by atoms with Gasteiger partial charge < -0.3 is 4.74 Å². The lowest BCUT2D eigenvalue weighted by Gasteiger charge is -2.01. The van der Waals surface area contributed by atoms with E-state index in [1.807, 2.05) is 6.07 Å². The maximum Gasteiger partial charge on any atom is 0.134 e. The Morgan fingerprint density at radius 2 is 2.25 bits per heavy atom. The first kappa shape index (κ1) is 8.08. The maximum atomic E-state index is 5.18. The van der Waals surface area contributed by atoms with E-state index in [9.17, 15) is 0 Å². The van der Waals surface area contributed by atoms with Crippen LogP contribution in [0.4, 0.5) is 0 Å². The van der Waals surface area contributed by atoms with E-state index in [2.05, 4.69) is 33.4 Å². The van der Waals surface area contributed by atoms with E-state index in [-0.39, 0.29) is 0 Å². The van der Waals surface area contributed by atoms with Crippen LogP contribution in [0.5, 0.6) is 5.75 Å². The van der Waals surface area contributed by atoms with E-state index >= 15 is 0 Å². The highest BCUT2D eigenvalue weighted by Gasteiger charge is 2.02. The maximum absolute atomic E-state index is 5.18. The predicted molar refractivity (Wildman–Crippen MR) is 56.1 cm³/mol. The molecule has 1 heterocycles. The Bertz CT molecular complexity index is 408. The Kier molecular flexibility index (Phi) is 2.07. The Hall–Kier alpha value is -0.540. The Morgan fingerprint density at radius 1 is 1.42 bits per heavy atom. The summed E-state index contributed by atoms with van der Waals surface area (Å²) in [6, 6.07) is 6.22. The van der Waals surface area contributed by atoms with Crippen LogP contribution in [0, 0.1) is 0 Å². The molecule has 0 unspecified atom stereocenters. The van der Waals surface area contributed by atoms with E-state index < -0.39 is 0 Å². The third-order valence-corrected chi connectivity index (χ3v) is 3.23. The molecule has 0 saturated heterocycles. The van der Waals surface area contributed by atoms with Crippen molar-refractivity contribution in [3.05, 3.63) is 28.1 Å². The second-order valence-corrected chi connectivity index (χ2v) is 4.25. The van der Waals surface area contributed by atoms with Gasteiger partial charge in [0.2, 0.25) is 0 Å². The second-order valence-electron chi connectivity index (χ2n) is 2.45. The largest absolute Gasteiger partial charge is 0.496 e. The quantitative estimate of drug-likeness (QED) is 0.742. The summed E-state index contributed by atoms with van der Waals surface area (Å²) >= 11 is 5.17. The number of hydrogen-bond donors (Lipinski definition) is 0. The molecule has 0 atom stereocenters. The van der Waals surface area contributed by atoms with Crippen molar-refractivity contribution in [1.29, 1.82) is 0 Å². The van der Waals surface area contributed by atoms with Gasteiger partial charge in [0.05, 0.1) is 11.6 Å². The zero-order chi connectivity index (χ0) is 8.55. The van der Waals surface area contributed by atoms with Gasteiger partial charge in [-0.2, -0.15) is 0 Å². The molecule has 1 nitrogen and oxygen atoms in total. The summed E-state index contributed by atoms with van der Waals surface area (Å²) < 4.78 is 7.45. The molecule has 0 saturated carbocycles. The molecule has 0 radical (unpaired) electrons. The van der Waals surface area contributed by atoms with Crippen LogP contribution in [0.2, 0.25) is 0 Å². The van der Waals surface area contributed by atoms with Gasteiger partial charge in [0.15, 0.2) is 0 Å². The molecular formula is C9H7BrOS. The molecule has 0 fully saturated rings. The van der Waals surface area contributed by atoms with Crippen molar-refractivity contribution >= 4 is 37.4 Å². The summed E-state index contributed by atoms with van der Waals surface area (Å²) in [7, 11) is 1.68. The van der Waals surface area contributed by atoms with Crippen LogP contribution in [0.15, 0.2) is 28.1 Å². The minimum atomic E-state index is 0.893. The van der Waals surface area contributed by atoms with Crippen LogP contribution in [0.1, 0.15) is 0 Å². The van der Waals surface area contributed by atoms with Crippen molar-refractivity contribution in [2.75, 3.05) is 7.11 Å².